The van der Waals surface area contributed by atoms with Gasteiger partial charge in [0.05, 0.1) is 7.11 Å². The van der Waals surface area contributed by atoms with Crippen LogP contribution in [0.3, 0.4) is 0 Å². The monoisotopic (exact) mass is 283 g/mol. The number of pyridine rings is 1. The molecular formula is C10H10ClN5O3. The van der Waals surface area contributed by atoms with E-state index in [1.54, 1.807) is 7.05 Å². The topological polar surface area (TPSA) is 92.0 Å². The molecule has 0 atom stereocenters. The first kappa shape index (κ1) is 13.2. The minimum Gasteiger partial charge on any atom is -0.469 e. The van der Waals surface area contributed by atoms with Crippen LogP contribution in [0.2, 0.25) is 5.15 Å². The lowest BCUT2D eigenvalue weighted by Crippen LogP contribution is -2.10. The predicted octanol–water partition coefficient (Wildman–Crippen LogP) is 0.624. The van der Waals surface area contributed by atoms with Gasteiger partial charge < -0.3 is 9.47 Å². The highest BCUT2D eigenvalue weighted by molar-refractivity contribution is 6.29. The summed E-state index contributed by atoms with van der Waals surface area (Å²) in [5, 5.41) is 11.1. The van der Waals surface area contributed by atoms with E-state index < -0.39 is 5.97 Å². The zero-order chi connectivity index (χ0) is 13.8. The molecule has 0 radical (unpaired) electrons. The number of aryl methyl sites for hydroxylation is 1. The molecule has 0 unspecified atom stereocenters. The minimum absolute atomic E-state index is 0.0564. The van der Waals surface area contributed by atoms with Gasteiger partial charge in [-0.05, 0) is 22.6 Å². The Morgan fingerprint density at radius 3 is 2.89 bits per heavy atom. The number of aromatic nitrogens is 5. The molecule has 2 heterocycles. The first-order valence-corrected chi connectivity index (χ1v) is 5.58. The molecule has 0 aliphatic carbocycles. The van der Waals surface area contributed by atoms with E-state index >= 15 is 0 Å². The van der Waals surface area contributed by atoms with Crippen LogP contribution in [-0.2, 0) is 18.4 Å². The van der Waals surface area contributed by atoms with E-state index in [1.807, 2.05) is 0 Å². The third kappa shape index (κ3) is 2.97. The number of hydrogen-bond acceptors (Lipinski definition) is 7. The Balaban J connectivity index is 2.21. The molecule has 0 aliphatic rings. The Morgan fingerprint density at radius 2 is 2.26 bits per heavy atom. The summed E-state index contributed by atoms with van der Waals surface area (Å²) in [6.07, 6.45) is 0. The lowest BCUT2D eigenvalue weighted by atomic mass is 10.3. The largest absolute Gasteiger partial charge is 0.469 e. The average Bonchev–Trinajstić information content (AvgIpc) is 2.81. The number of hydrogen-bond donors (Lipinski definition) is 0. The maximum absolute atomic E-state index is 11.5. The molecule has 0 spiro atoms. The molecule has 0 saturated heterocycles. The fourth-order valence-corrected chi connectivity index (χ4v) is 1.44. The second-order valence-electron chi connectivity index (χ2n) is 3.49. The maximum atomic E-state index is 11.5. The van der Waals surface area contributed by atoms with Crippen LogP contribution in [0.15, 0.2) is 12.1 Å². The van der Waals surface area contributed by atoms with Gasteiger partial charge in [-0.15, -0.1) is 5.10 Å². The van der Waals surface area contributed by atoms with Crippen molar-refractivity contribution in [2.24, 2.45) is 7.05 Å². The Labute approximate surface area is 113 Å². The lowest BCUT2D eigenvalue weighted by Gasteiger charge is -2.08. The molecule has 0 aliphatic heterocycles. The minimum atomic E-state index is -0.560. The van der Waals surface area contributed by atoms with E-state index in [4.69, 9.17) is 16.3 Å². The predicted molar refractivity (Wildman–Crippen MR) is 63.7 cm³/mol. The molecule has 0 bridgehead atoms. The molecule has 100 valence electrons. The van der Waals surface area contributed by atoms with Crippen molar-refractivity contribution in [3.8, 4) is 5.88 Å². The number of methoxy groups -OCH3 is 1. The van der Waals surface area contributed by atoms with Crippen molar-refractivity contribution < 1.29 is 14.3 Å². The van der Waals surface area contributed by atoms with Crippen molar-refractivity contribution in [2.75, 3.05) is 7.11 Å². The highest BCUT2D eigenvalue weighted by atomic mass is 35.5. The molecule has 2 aromatic heterocycles. The molecule has 2 rings (SSSR count). The summed E-state index contributed by atoms with van der Waals surface area (Å²) in [5.41, 5.74) is 0.182. The number of rotatable bonds is 4. The van der Waals surface area contributed by atoms with E-state index in [9.17, 15) is 4.79 Å². The van der Waals surface area contributed by atoms with Crippen LogP contribution in [0, 0.1) is 0 Å². The highest BCUT2D eigenvalue weighted by Gasteiger charge is 2.16. The second kappa shape index (κ2) is 5.61. The summed E-state index contributed by atoms with van der Waals surface area (Å²) in [7, 11) is 2.94. The zero-order valence-electron chi connectivity index (χ0n) is 10.2. The molecule has 0 amide bonds. The third-order valence-corrected chi connectivity index (χ3v) is 2.49. The molecule has 2 aromatic rings. The molecule has 0 fully saturated rings. The number of ether oxygens (including phenoxy) is 2. The van der Waals surface area contributed by atoms with E-state index in [0.29, 0.717) is 5.82 Å². The molecule has 0 saturated carbocycles. The fraction of sp³-hybridized carbons (Fsp3) is 0.300. The first-order valence-electron chi connectivity index (χ1n) is 5.20. The zero-order valence-corrected chi connectivity index (χ0v) is 11.0. The lowest BCUT2D eigenvalue weighted by molar-refractivity contribution is 0.0594. The molecule has 0 aromatic carbocycles. The molecule has 19 heavy (non-hydrogen) atoms. The smallest absolute Gasteiger partial charge is 0.343 e. The average molecular weight is 284 g/mol. The van der Waals surface area contributed by atoms with Crippen molar-refractivity contribution >= 4 is 17.6 Å². The highest BCUT2D eigenvalue weighted by Crippen LogP contribution is 2.20. The number of carbonyl (C=O) groups excluding carboxylic acids is 1. The quantitative estimate of drug-likeness (QED) is 0.600. The van der Waals surface area contributed by atoms with Gasteiger partial charge in [-0.3, -0.25) is 0 Å². The second-order valence-corrected chi connectivity index (χ2v) is 3.87. The summed E-state index contributed by atoms with van der Waals surface area (Å²) in [6, 6.07) is 2.95. The van der Waals surface area contributed by atoms with Crippen LogP contribution >= 0.6 is 11.6 Å². The molecular weight excluding hydrogens is 274 g/mol. The van der Waals surface area contributed by atoms with Gasteiger partial charge in [0.15, 0.2) is 12.4 Å². The molecule has 8 nitrogen and oxygen atoms in total. The van der Waals surface area contributed by atoms with E-state index in [-0.39, 0.29) is 23.2 Å². The fourth-order valence-electron chi connectivity index (χ4n) is 1.30. The van der Waals surface area contributed by atoms with Gasteiger partial charge in [0.25, 0.3) is 0 Å². The van der Waals surface area contributed by atoms with E-state index in [1.165, 1.54) is 23.9 Å². The Bertz CT molecular complexity index is 601. The molecule has 9 heteroatoms. The number of nitrogens with zero attached hydrogens (tertiary/aromatic N) is 5. The van der Waals surface area contributed by atoms with E-state index in [2.05, 4.69) is 25.2 Å². The standard InChI is InChI=1S/C10H10ClN5O3/c1-16-8(13-14-15-16)5-19-9-6(10(17)18-2)3-4-7(11)12-9/h3-4H,5H2,1-2H3. The number of halogens is 1. The normalized spacial score (nSPS) is 10.3. The summed E-state index contributed by atoms with van der Waals surface area (Å²) in [4.78, 5) is 15.5. The number of carbonyl (C=O) groups is 1. The van der Waals surface area contributed by atoms with Gasteiger partial charge in [0, 0.05) is 7.05 Å². The van der Waals surface area contributed by atoms with Gasteiger partial charge in [-0.2, -0.15) is 0 Å². The van der Waals surface area contributed by atoms with Gasteiger partial charge >= 0.3 is 5.97 Å². The van der Waals surface area contributed by atoms with Crippen LogP contribution in [0.25, 0.3) is 0 Å². The SMILES string of the molecule is COC(=O)c1ccc(Cl)nc1OCc1nnnn1C. The van der Waals surface area contributed by atoms with Gasteiger partial charge in [0.1, 0.15) is 10.7 Å². The van der Waals surface area contributed by atoms with Gasteiger partial charge in [-0.25, -0.2) is 14.5 Å². The summed E-state index contributed by atoms with van der Waals surface area (Å²) < 4.78 is 11.5. The van der Waals surface area contributed by atoms with Gasteiger partial charge in [-0.1, -0.05) is 11.6 Å². The van der Waals surface area contributed by atoms with Crippen molar-refractivity contribution in [1.29, 1.82) is 0 Å². The van der Waals surface area contributed by atoms with Crippen LogP contribution in [0.1, 0.15) is 16.2 Å². The van der Waals surface area contributed by atoms with Crippen LogP contribution < -0.4 is 4.74 Å². The van der Waals surface area contributed by atoms with Gasteiger partial charge in [0.2, 0.25) is 5.88 Å². The van der Waals surface area contributed by atoms with Crippen molar-refractivity contribution in [3.05, 3.63) is 28.7 Å². The maximum Gasteiger partial charge on any atom is 0.343 e. The third-order valence-electron chi connectivity index (χ3n) is 2.28. The Kier molecular flexibility index (Phi) is 3.91. The van der Waals surface area contributed by atoms with Crippen molar-refractivity contribution in [2.45, 2.75) is 6.61 Å². The molecule has 0 N–H and O–H groups in total. The number of esters is 1. The number of tetrazole rings is 1. The van der Waals surface area contributed by atoms with Crippen molar-refractivity contribution in [3.63, 3.8) is 0 Å². The van der Waals surface area contributed by atoms with Crippen LogP contribution in [-0.4, -0.2) is 38.3 Å². The summed E-state index contributed by atoms with van der Waals surface area (Å²) >= 11 is 5.77. The summed E-state index contributed by atoms with van der Waals surface area (Å²) in [5.74, 6) is -0.00445. The Hall–Kier alpha value is -2.22. The van der Waals surface area contributed by atoms with E-state index in [0.717, 1.165) is 0 Å². The first-order chi connectivity index (χ1) is 9.11. The van der Waals surface area contributed by atoms with Crippen LogP contribution in [0.5, 0.6) is 5.88 Å². The summed E-state index contributed by atoms with van der Waals surface area (Å²) in [6.45, 7) is 0.0564. The Morgan fingerprint density at radius 1 is 1.47 bits per heavy atom. The van der Waals surface area contributed by atoms with Crippen LogP contribution in [0.4, 0.5) is 0 Å². The van der Waals surface area contributed by atoms with Crippen molar-refractivity contribution in [1.82, 2.24) is 25.2 Å².